The quantitative estimate of drug-likeness (QED) is 0.905. The SMILES string of the molecule is CNS(=O)(=O)C1=CC(S(=O)(=O)c2ccccc2)=CC1. The molecule has 0 bridgehead atoms. The fourth-order valence-corrected chi connectivity index (χ4v) is 4.03. The van der Waals surface area contributed by atoms with Crippen LogP contribution in [0.5, 0.6) is 0 Å². The summed E-state index contributed by atoms with van der Waals surface area (Å²) in [6.07, 6.45) is 2.70. The second-order valence-corrected chi connectivity index (χ2v) is 7.83. The number of allylic oxidation sites excluding steroid dienone is 3. The lowest BCUT2D eigenvalue weighted by molar-refractivity contribution is 0.593. The fourth-order valence-electron chi connectivity index (χ4n) is 1.72. The summed E-state index contributed by atoms with van der Waals surface area (Å²) in [6, 6.07) is 7.92. The highest BCUT2D eigenvalue weighted by Crippen LogP contribution is 2.29. The van der Waals surface area contributed by atoms with E-state index in [-0.39, 0.29) is 21.1 Å². The Morgan fingerprint density at radius 2 is 1.68 bits per heavy atom. The van der Waals surface area contributed by atoms with Gasteiger partial charge >= 0.3 is 0 Å². The van der Waals surface area contributed by atoms with Gasteiger partial charge in [0.05, 0.1) is 14.7 Å². The molecule has 0 unspecified atom stereocenters. The third kappa shape index (κ3) is 2.63. The van der Waals surface area contributed by atoms with Crippen LogP contribution >= 0.6 is 0 Å². The van der Waals surface area contributed by atoms with Gasteiger partial charge in [-0.3, -0.25) is 0 Å². The van der Waals surface area contributed by atoms with Gasteiger partial charge in [0.1, 0.15) is 0 Å². The third-order valence-electron chi connectivity index (χ3n) is 2.79. The Morgan fingerprint density at radius 3 is 2.26 bits per heavy atom. The maximum absolute atomic E-state index is 12.3. The average molecular weight is 299 g/mol. The second-order valence-electron chi connectivity index (χ2n) is 3.95. The van der Waals surface area contributed by atoms with E-state index in [9.17, 15) is 16.8 Å². The molecule has 0 aromatic heterocycles. The Balaban J connectivity index is 2.41. The Hall–Kier alpha value is -1.44. The summed E-state index contributed by atoms with van der Waals surface area (Å²) in [5.41, 5.74) is 0. The molecule has 1 aliphatic carbocycles. The molecule has 102 valence electrons. The van der Waals surface area contributed by atoms with Crippen LogP contribution in [0.4, 0.5) is 0 Å². The first-order valence-electron chi connectivity index (χ1n) is 5.52. The number of sulfonamides is 1. The van der Waals surface area contributed by atoms with Gasteiger partial charge in [0.25, 0.3) is 0 Å². The summed E-state index contributed by atoms with van der Waals surface area (Å²) in [5, 5.41) is 0. The summed E-state index contributed by atoms with van der Waals surface area (Å²) in [6.45, 7) is 0. The summed E-state index contributed by atoms with van der Waals surface area (Å²) in [7, 11) is -5.93. The van der Waals surface area contributed by atoms with Crippen molar-refractivity contribution in [3.63, 3.8) is 0 Å². The molecule has 0 fully saturated rings. The summed E-state index contributed by atoms with van der Waals surface area (Å²) < 4.78 is 49.9. The molecule has 0 amide bonds. The molecule has 1 aromatic rings. The van der Waals surface area contributed by atoms with Crippen LogP contribution in [0.3, 0.4) is 0 Å². The highest BCUT2D eigenvalue weighted by atomic mass is 32.2. The lowest BCUT2D eigenvalue weighted by Crippen LogP contribution is -2.19. The zero-order chi connectivity index (χ0) is 14.1. The van der Waals surface area contributed by atoms with Crippen LogP contribution in [-0.2, 0) is 19.9 Å². The lowest BCUT2D eigenvalue weighted by atomic mass is 10.4. The van der Waals surface area contributed by atoms with Crippen molar-refractivity contribution in [2.24, 2.45) is 0 Å². The highest BCUT2D eigenvalue weighted by molar-refractivity contribution is 7.96. The Kier molecular flexibility index (Phi) is 3.62. The molecular formula is C12H13NO4S2. The minimum Gasteiger partial charge on any atom is -0.219 e. The van der Waals surface area contributed by atoms with Crippen LogP contribution in [0.15, 0.2) is 57.2 Å². The van der Waals surface area contributed by atoms with Gasteiger partial charge in [-0.25, -0.2) is 21.6 Å². The zero-order valence-corrected chi connectivity index (χ0v) is 11.8. The van der Waals surface area contributed by atoms with Gasteiger partial charge in [-0.2, -0.15) is 0 Å². The number of hydrogen-bond donors (Lipinski definition) is 1. The van der Waals surface area contributed by atoms with Crippen LogP contribution in [0.1, 0.15) is 6.42 Å². The predicted octanol–water partition coefficient (Wildman–Crippen LogP) is 1.18. The molecule has 7 heteroatoms. The lowest BCUT2D eigenvalue weighted by Gasteiger charge is -2.03. The van der Waals surface area contributed by atoms with Crippen molar-refractivity contribution in [1.29, 1.82) is 0 Å². The van der Waals surface area contributed by atoms with E-state index in [1.807, 2.05) is 0 Å². The topological polar surface area (TPSA) is 80.3 Å². The summed E-state index contributed by atoms with van der Waals surface area (Å²) in [5.74, 6) is 0. The van der Waals surface area contributed by atoms with Crippen LogP contribution in [-0.4, -0.2) is 23.9 Å². The molecule has 1 aromatic carbocycles. The number of nitrogens with one attached hydrogen (secondary N) is 1. The van der Waals surface area contributed by atoms with Crippen molar-refractivity contribution in [2.75, 3.05) is 7.05 Å². The molecule has 19 heavy (non-hydrogen) atoms. The van der Waals surface area contributed by atoms with E-state index >= 15 is 0 Å². The van der Waals surface area contributed by atoms with Crippen molar-refractivity contribution in [3.8, 4) is 0 Å². The molecule has 0 heterocycles. The number of benzene rings is 1. The van der Waals surface area contributed by atoms with Crippen molar-refractivity contribution in [3.05, 3.63) is 52.3 Å². The monoisotopic (exact) mass is 299 g/mol. The minimum atomic E-state index is -3.65. The van der Waals surface area contributed by atoms with Crippen molar-refractivity contribution in [2.45, 2.75) is 11.3 Å². The highest BCUT2D eigenvalue weighted by Gasteiger charge is 2.26. The molecule has 0 aliphatic heterocycles. The van der Waals surface area contributed by atoms with Crippen molar-refractivity contribution < 1.29 is 16.8 Å². The first kappa shape index (κ1) is 14.0. The number of hydrogen-bond acceptors (Lipinski definition) is 4. The molecule has 0 saturated carbocycles. The minimum absolute atomic E-state index is 0.0209. The van der Waals surface area contributed by atoms with Crippen LogP contribution in [0, 0.1) is 0 Å². The number of sulfone groups is 1. The fraction of sp³-hybridized carbons (Fsp3) is 0.167. The molecule has 1 aliphatic rings. The van der Waals surface area contributed by atoms with Crippen LogP contribution in [0.25, 0.3) is 0 Å². The van der Waals surface area contributed by atoms with Crippen molar-refractivity contribution in [1.82, 2.24) is 4.72 Å². The third-order valence-corrected chi connectivity index (χ3v) is 6.10. The zero-order valence-electron chi connectivity index (χ0n) is 10.2. The molecule has 2 rings (SSSR count). The molecule has 0 spiro atoms. The van der Waals surface area contributed by atoms with E-state index < -0.39 is 19.9 Å². The smallest absolute Gasteiger partial charge is 0.219 e. The predicted molar refractivity (Wildman–Crippen MR) is 72.4 cm³/mol. The molecule has 0 radical (unpaired) electrons. The molecule has 5 nitrogen and oxygen atoms in total. The summed E-state index contributed by atoms with van der Waals surface area (Å²) >= 11 is 0. The normalized spacial score (nSPS) is 16.1. The van der Waals surface area contributed by atoms with Gasteiger partial charge < -0.3 is 0 Å². The van der Waals surface area contributed by atoms with Gasteiger partial charge in [0.2, 0.25) is 19.9 Å². The largest absolute Gasteiger partial charge is 0.236 e. The van der Waals surface area contributed by atoms with Gasteiger partial charge in [-0.05, 0) is 25.3 Å². The van der Waals surface area contributed by atoms with Gasteiger partial charge in [-0.15, -0.1) is 0 Å². The first-order chi connectivity index (χ1) is 8.88. The van der Waals surface area contributed by atoms with E-state index in [4.69, 9.17) is 0 Å². The molecule has 0 atom stereocenters. The standard InChI is InChI=1S/C12H13NO4S2/c1-13-19(16,17)12-8-7-11(9-12)18(14,15)10-5-3-2-4-6-10/h2-7,9,13H,8H2,1H3. The Labute approximate surface area is 112 Å². The van der Waals surface area contributed by atoms with Gasteiger partial charge in [0, 0.05) is 6.42 Å². The average Bonchev–Trinajstić information content (AvgIpc) is 2.91. The molecular weight excluding hydrogens is 286 g/mol. The van der Waals surface area contributed by atoms with Crippen molar-refractivity contribution >= 4 is 19.9 Å². The van der Waals surface area contributed by atoms with Gasteiger partial charge in [0.15, 0.2) is 0 Å². The summed E-state index contributed by atoms with van der Waals surface area (Å²) in [4.78, 5) is 0.234. The molecule has 1 N–H and O–H groups in total. The first-order valence-corrected chi connectivity index (χ1v) is 8.49. The van der Waals surface area contributed by atoms with E-state index in [1.54, 1.807) is 18.2 Å². The molecule has 0 saturated heterocycles. The van der Waals surface area contributed by atoms with Crippen LogP contribution in [0.2, 0.25) is 0 Å². The maximum atomic E-state index is 12.3. The van der Waals surface area contributed by atoms with E-state index in [2.05, 4.69) is 4.72 Å². The Bertz CT molecular complexity index is 744. The van der Waals surface area contributed by atoms with E-state index in [0.29, 0.717) is 0 Å². The maximum Gasteiger partial charge on any atom is 0.236 e. The van der Waals surface area contributed by atoms with Gasteiger partial charge in [-0.1, -0.05) is 24.3 Å². The Morgan fingerprint density at radius 1 is 1.05 bits per heavy atom. The second kappa shape index (κ2) is 4.92. The van der Waals surface area contributed by atoms with Crippen LogP contribution < -0.4 is 4.72 Å². The van der Waals surface area contributed by atoms with E-state index in [1.165, 1.54) is 31.3 Å². The number of rotatable bonds is 4. The van der Waals surface area contributed by atoms with E-state index in [0.717, 1.165) is 0 Å².